The summed E-state index contributed by atoms with van der Waals surface area (Å²) in [5.41, 5.74) is 2.12. The number of carbonyl (C=O) groups excluding carboxylic acids is 1. The van der Waals surface area contributed by atoms with E-state index < -0.39 is 0 Å². The topological polar surface area (TPSA) is 78.1 Å². The number of pyridine rings is 1. The van der Waals surface area contributed by atoms with Gasteiger partial charge in [-0.2, -0.15) is 0 Å². The molecular weight excluding hydrogens is 300 g/mol. The molecule has 0 saturated heterocycles. The molecule has 2 aromatic rings. The highest BCUT2D eigenvalue weighted by Crippen LogP contribution is 2.13. The zero-order chi connectivity index (χ0) is 16.3. The standard InChI is InChI=1S/C15H20N4O2S/c1-9-5-10(2)18-14(20)13(9)7-17-15(21)19(4)8-12-6-16-11(3)22-12/h5-6H,7-8H2,1-4H3,(H,17,21)(H,18,20). The summed E-state index contributed by atoms with van der Waals surface area (Å²) in [6.07, 6.45) is 1.78. The number of urea groups is 1. The van der Waals surface area contributed by atoms with Gasteiger partial charge in [-0.1, -0.05) is 0 Å². The number of thiazole rings is 1. The summed E-state index contributed by atoms with van der Waals surface area (Å²) in [6, 6.07) is 1.68. The summed E-state index contributed by atoms with van der Waals surface area (Å²) >= 11 is 1.57. The Kier molecular flexibility index (Phi) is 4.97. The molecule has 2 amide bonds. The fourth-order valence-corrected chi connectivity index (χ4v) is 3.03. The van der Waals surface area contributed by atoms with Gasteiger partial charge in [-0.3, -0.25) is 4.79 Å². The van der Waals surface area contributed by atoms with Gasteiger partial charge in [0.05, 0.1) is 18.1 Å². The molecule has 0 fully saturated rings. The Morgan fingerprint density at radius 3 is 2.73 bits per heavy atom. The lowest BCUT2D eigenvalue weighted by Gasteiger charge is -2.17. The number of aryl methyl sites for hydroxylation is 3. The second kappa shape index (κ2) is 6.74. The second-order valence-electron chi connectivity index (χ2n) is 5.30. The van der Waals surface area contributed by atoms with E-state index in [4.69, 9.17) is 0 Å². The lowest BCUT2D eigenvalue weighted by atomic mass is 10.1. The normalized spacial score (nSPS) is 10.5. The van der Waals surface area contributed by atoms with E-state index in [9.17, 15) is 9.59 Å². The third-order valence-corrected chi connectivity index (χ3v) is 4.22. The van der Waals surface area contributed by atoms with Crippen LogP contribution in [-0.4, -0.2) is 27.9 Å². The molecule has 0 aromatic carbocycles. The molecule has 2 aromatic heterocycles. The largest absolute Gasteiger partial charge is 0.334 e. The molecule has 7 heteroatoms. The summed E-state index contributed by atoms with van der Waals surface area (Å²) in [6.45, 7) is 6.35. The van der Waals surface area contributed by atoms with Crippen LogP contribution in [0.3, 0.4) is 0 Å². The molecule has 2 rings (SSSR count). The summed E-state index contributed by atoms with van der Waals surface area (Å²) in [5.74, 6) is 0. The second-order valence-corrected chi connectivity index (χ2v) is 6.62. The first-order valence-electron chi connectivity index (χ1n) is 6.96. The maximum Gasteiger partial charge on any atom is 0.317 e. The van der Waals surface area contributed by atoms with Crippen molar-refractivity contribution in [2.75, 3.05) is 7.05 Å². The van der Waals surface area contributed by atoms with Crippen LogP contribution < -0.4 is 10.9 Å². The molecule has 0 aliphatic carbocycles. The average molecular weight is 320 g/mol. The number of nitrogens with zero attached hydrogens (tertiary/aromatic N) is 2. The smallest absolute Gasteiger partial charge is 0.317 e. The highest BCUT2D eigenvalue weighted by molar-refractivity contribution is 7.11. The molecule has 118 valence electrons. The minimum absolute atomic E-state index is 0.154. The third-order valence-electron chi connectivity index (χ3n) is 3.32. The fourth-order valence-electron chi connectivity index (χ4n) is 2.18. The summed E-state index contributed by atoms with van der Waals surface area (Å²) < 4.78 is 0. The number of rotatable bonds is 4. The van der Waals surface area contributed by atoms with Crippen molar-refractivity contribution in [1.82, 2.24) is 20.2 Å². The van der Waals surface area contributed by atoms with E-state index in [1.54, 1.807) is 29.5 Å². The van der Waals surface area contributed by atoms with Gasteiger partial charge in [0.25, 0.3) is 5.56 Å². The lowest BCUT2D eigenvalue weighted by Crippen LogP contribution is -2.37. The molecule has 0 aliphatic heterocycles. The van der Waals surface area contributed by atoms with Crippen LogP contribution in [0.4, 0.5) is 4.79 Å². The van der Waals surface area contributed by atoms with E-state index in [1.807, 2.05) is 26.8 Å². The average Bonchev–Trinajstić information content (AvgIpc) is 2.82. The first-order valence-corrected chi connectivity index (χ1v) is 7.78. The summed E-state index contributed by atoms with van der Waals surface area (Å²) in [7, 11) is 1.72. The van der Waals surface area contributed by atoms with Crippen molar-refractivity contribution < 1.29 is 4.79 Å². The Labute approximate surface area is 133 Å². The van der Waals surface area contributed by atoms with E-state index >= 15 is 0 Å². The zero-order valence-electron chi connectivity index (χ0n) is 13.2. The molecule has 0 unspecified atom stereocenters. The zero-order valence-corrected chi connectivity index (χ0v) is 14.0. The molecule has 2 heterocycles. The van der Waals surface area contributed by atoms with Gasteiger partial charge >= 0.3 is 6.03 Å². The van der Waals surface area contributed by atoms with Gasteiger partial charge in [0.15, 0.2) is 0 Å². The fraction of sp³-hybridized carbons (Fsp3) is 0.400. The summed E-state index contributed by atoms with van der Waals surface area (Å²) in [4.78, 5) is 33.5. The lowest BCUT2D eigenvalue weighted by molar-refractivity contribution is 0.207. The van der Waals surface area contributed by atoms with Crippen LogP contribution in [0.2, 0.25) is 0 Å². The van der Waals surface area contributed by atoms with Crippen molar-refractivity contribution >= 4 is 17.4 Å². The first-order chi connectivity index (χ1) is 10.4. The number of nitrogens with one attached hydrogen (secondary N) is 2. The van der Waals surface area contributed by atoms with Gasteiger partial charge < -0.3 is 15.2 Å². The van der Waals surface area contributed by atoms with Gasteiger partial charge in [0.2, 0.25) is 0 Å². The number of hydrogen-bond acceptors (Lipinski definition) is 4. The molecule has 2 N–H and O–H groups in total. The number of aromatic amines is 1. The van der Waals surface area contributed by atoms with Crippen LogP contribution in [0.25, 0.3) is 0 Å². The predicted molar refractivity (Wildman–Crippen MR) is 87.1 cm³/mol. The van der Waals surface area contributed by atoms with Gasteiger partial charge in [0, 0.05) is 29.4 Å². The van der Waals surface area contributed by atoms with Gasteiger partial charge in [-0.05, 0) is 32.4 Å². The van der Waals surface area contributed by atoms with Crippen molar-refractivity contribution in [2.45, 2.75) is 33.9 Å². The van der Waals surface area contributed by atoms with Crippen LogP contribution in [-0.2, 0) is 13.1 Å². The highest BCUT2D eigenvalue weighted by atomic mass is 32.1. The van der Waals surface area contributed by atoms with Crippen molar-refractivity contribution in [3.05, 3.63) is 49.3 Å². The SMILES string of the molecule is Cc1cc(C)c(CNC(=O)N(C)Cc2cnc(C)s2)c(=O)[nH]1. The number of carbonyl (C=O) groups is 1. The highest BCUT2D eigenvalue weighted by Gasteiger charge is 2.12. The monoisotopic (exact) mass is 320 g/mol. The van der Waals surface area contributed by atoms with Crippen LogP contribution in [0, 0.1) is 20.8 Å². The molecule has 0 saturated carbocycles. The van der Waals surface area contributed by atoms with Crippen molar-refractivity contribution in [1.29, 1.82) is 0 Å². The van der Waals surface area contributed by atoms with Crippen molar-refractivity contribution in [3.8, 4) is 0 Å². The predicted octanol–water partition coefficient (Wildman–Crippen LogP) is 2.10. The van der Waals surface area contributed by atoms with E-state index in [-0.39, 0.29) is 18.1 Å². The Bertz CT molecular complexity index is 735. The molecule has 22 heavy (non-hydrogen) atoms. The molecule has 0 atom stereocenters. The van der Waals surface area contributed by atoms with E-state index in [0.29, 0.717) is 12.1 Å². The van der Waals surface area contributed by atoms with Crippen LogP contribution in [0.5, 0.6) is 0 Å². The van der Waals surface area contributed by atoms with Gasteiger partial charge in [0.1, 0.15) is 0 Å². The van der Waals surface area contributed by atoms with Crippen LogP contribution in [0.1, 0.15) is 26.7 Å². The van der Waals surface area contributed by atoms with Gasteiger partial charge in [-0.25, -0.2) is 9.78 Å². The van der Waals surface area contributed by atoms with E-state index in [0.717, 1.165) is 21.1 Å². The molecule has 0 bridgehead atoms. The van der Waals surface area contributed by atoms with Gasteiger partial charge in [-0.15, -0.1) is 11.3 Å². The minimum Gasteiger partial charge on any atom is -0.334 e. The van der Waals surface area contributed by atoms with E-state index in [1.165, 1.54) is 0 Å². The Hall–Kier alpha value is -2.15. The number of H-pyrrole nitrogens is 1. The van der Waals surface area contributed by atoms with Crippen molar-refractivity contribution in [2.24, 2.45) is 0 Å². The maximum absolute atomic E-state index is 12.1. The number of hydrogen-bond donors (Lipinski definition) is 2. The summed E-state index contributed by atoms with van der Waals surface area (Å²) in [5, 5.41) is 3.76. The molecule has 6 nitrogen and oxygen atoms in total. The number of aromatic nitrogens is 2. The Morgan fingerprint density at radius 2 is 2.14 bits per heavy atom. The van der Waals surface area contributed by atoms with E-state index in [2.05, 4.69) is 15.3 Å². The minimum atomic E-state index is -0.217. The molecule has 0 spiro atoms. The quantitative estimate of drug-likeness (QED) is 0.905. The molecule has 0 radical (unpaired) electrons. The van der Waals surface area contributed by atoms with Crippen molar-refractivity contribution in [3.63, 3.8) is 0 Å². The van der Waals surface area contributed by atoms with Crippen LogP contribution >= 0.6 is 11.3 Å². The third kappa shape index (κ3) is 3.94. The first kappa shape index (κ1) is 16.2. The number of amides is 2. The Balaban J connectivity index is 1.96. The maximum atomic E-state index is 12.1. The van der Waals surface area contributed by atoms with Crippen LogP contribution in [0.15, 0.2) is 17.1 Å². The molecular formula is C15H20N4O2S. The Morgan fingerprint density at radius 1 is 1.41 bits per heavy atom. The molecule has 0 aliphatic rings.